The minimum absolute atomic E-state index is 0.694. The molecule has 0 unspecified atom stereocenters. The predicted molar refractivity (Wildman–Crippen MR) is 470 cm³/mol. The van der Waals surface area contributed by atoms with Gasteiger partial charge in [0.2, 0.25) is 0 Å². The number of pyridine rings is 4. The summed E-state index contributed by atoms with van der Waals surface area (Å²) in [5.74, 6) is 0.712. The van der Waals surface area contributed by atoms with Crippen molar-refractivity contribution in [2.45, 2.75) is 0 Å². The molecule has 0 bridgehead atoms. The SMILES string of the molecule is c1ccc(-c2cccc(N(c3ccc(-c4ccncc4)cn3)c3ccc4c5cc(-c6ccc(-c7c8ccccc8cc8ccccc78)nc6)cc6oc7c(-c8nc9ccccc9c9cc(-c%10ccccc%10)ccc89)ccc(c8ccc(-c9ccc(-c%10ccccc%10)c(-c%10cccc%11ccccc%10%11)c9)c9oc3c4c98)c7c65)c2)cc1. The molecule has 0 atom stereocenters. The minimum Gasteiger partial charge on any atom is -0.455 e. The summed E-state index contributed by atoms with van der Waals surface area (Å²) in [6.45, 7) is 0. The molecule has 0 radical (unpaired) electrons. The number of anilines is 3. The Balaban J connectivity index is 0.843. The molecule has 23 aromatic rings. The van der Waals surface area contributed by atoms with Gasteiger partial charge in [0.1, 0.15) is 22.6 Å². The van der Waals surface area contributed by atoms with Crippen molar-refractivity contribution in [1.82, 2.24) is 19.9 Å². The van der Waals surface area contributed by atoms with E-state index in [1.165, 1.54) is 21.5 Å². The van der Waals surface area contributed by atoms with Crippen LogP contribution in [0, 0.1) is 0 Å². The van der Waals surface area contributed by atoms with Gasteiger partial charge < -0.3 is 8.83 Å². The van der Waals surface area contributed by atoms with Gasteiger partial charge in [0.05, 0.1) is 22.6 Å². The van der Waals surface area contributed by atoms with E-state index in [0.29, 0.717) is 11.4 Å². The van der Waals surface area contributed by atoms with Gasteiger partial charge in [-0.25, -0.2) is 9.97 Å². The first-order chi connectivity index (χ1) is 56.0. The van der Waals surface area contributed by atoms with Crippen molar-refractivity contribution in [2.24, 2.45) is 0 Å². The molecule has 0 fully saturated rings. The van der Waals surface area contributed by atoms with E-state index < -0.39 is 0 Å². The molecule has 0 aliphatic rings. The second-order valence-electron chi connectivity index (χ2n) is 29.4. The number of hydrogen-bond acceptors (Lipinski definition) is 7. The monoisotopic (exact) mass is 1440 g/mol. The molecule has 0 aliphatic heterocycles. The van der Waals surface area contributed by atoms with Crippen LogP contribution in [0.5, 0.6) is 0 Å². The third-order valence-corrected chi connectivity index (χ3v) is 23.2. The zero-order chi connectivity index (χ0) is 74.2. The summed E-state index contributed by atoms with van der Waals surface area (Å²) >= 11 is 0. The van der Waals surface area contributed by atoms with Gasteiger partial charge in [0, 0.05) is 90.6 Å². The van der Waals surface area contributed by atoms with Crippen molar-refractivity contribution in [2.75, 3.05) is 4.90 Å². The molecule has 0 saturated carbocycles. The van der Waals surface area contributed by atoms with Crippen molar-refractivity contribution in [1.29, 1.82) is 0 Å². The number of benzene rings is 16. The number of fused-ring (bicyclic) bond motifs is 8. The zero-order valence-corrected chi connectivity index (χ0v) is 60.9. The van der Waals surface area contributed by atoms with E-state index in [9.17, 15) is 0 Å². The largest absolute Gasteiger partial charge is 0.455 e. The Hall–Kier alpha value is -15.2. The van der Waals surface area contributed by atoms with Crippen molar-refractivity contribution in [3.8, 4) is 100 Å². The Kier molecular flexibility index (Phi) is 14.6. The summed E-state index contributed by atoms with van der Waals surface area (Å²) in [4.78, 5) is 23.2. The van der Waals surface area contributed by atoms with Gasteiger partial charge >= 0.3 is 0 Å². The lowest BCUT2D eigenvalue weighted by atomic mass is 9.87. The quantitative estimate of drug-likeness (QED) is 0.0890. The maximum Gasteiger partial charge on any atom is 0.160 e. The number of hydrogen-bond donors (Lipinski definition) is 0. The van der Waals surface area contributed by atoms with Crippen LogP contribution in [-0.2, 0) is 0 Å². The predicted octanol–water partition coefficient (Wildman–Crippen LogP) is 29.0. The lowest BCUT2D eigenvalue weighted by molar-refractivity contribution is 0.670. The molecule has 0 spiro atoms. The molecule has 7 heteroatoms. The van der Waals surface area contributed by atoms with Crippen LogP contribution >= 0.6 is 0 Å². The summed E-state index contributed by atoms with van der Waals surface area (Å²) in [6.07, 6.45) is 7.65. The van der Waals surface area contributed by atoms with Gasteiger partial charge in [0.15, 0.2) is 5.58 Å². The summed E-state index contributed by atoms with van der Waals surface area (Å²) in [5.41, 5.74) is 24.1. The summed E-state index contributed by atoms with van der Waals surface area (Å²) in [6, 6.07) is 129. The standard InChI is InChI=1S/C106H63N5O2/c1-4-20-64(21-5-1)69-30-18-31-77(57-69)111(97-51-41-74(63-109-97)66-52-54-107-55-53-66)95-50-48-87-92-60-76(75-40-49-94(108-62-75)98-80-33-14-11-27-71(80)56-72-28-12-15-34-81(72)98)61-96-99(92)100-85(46-47-89(105(100)112-96)103-88-43-38-70(65-22-6-2-7-23-65)58-91(88)84-35-16-17-37-93(84)110-103)86-45-44-82(104-101(86)102(87)106(95)113-104)73-39-42-79(67-24-8-3-9-25-67)90(59-73)83-36-19-29-68-26-10-13-32-78(68)83/h1-63H. The van der Waals surface area contributed by atoms with Crippen LogP contribution in [0.1, 0.15) is 0 Å². The number of rotatable bonds is 12. The van der Waals surface area contributed by atoms with E-state index >= 15 is 0 Å². The lowest BCUT2D eigenvalue weighted by Crippen LogP contribution is -2.12. The van der Waals surface area contributed by atoms with E-state index in [4.69, 9.17) is 23.8 Å². The summed E-state index contributed by atoms with van der Waals surface area (Å²) in [5, 5.41) is 18.1. The fraction of sp³-hybridized carbons (Fsp3) is 0. The van der Waals surface area contributed by atoms with Gasteiger partial charge in [-0.2, -0.15) is 0 Å². The van der Waals surface area contributed by atoms with Crippen LogP contribution in [0.15, 0.2) is 392 Å². The van der Waals surface area contributed by atoms with E-state index in [1.807, 2.05) is 36.9 Å². The molecule has 23 rings (SSSR count). The normalized spacial score (nSPS) is 11.9. The van der Waals surface area contributed by atoms with Crippen LogP contribution < -0.4 is 4.90 Å². The maximum absolute atomic E-state index is 8.15. The molecule has 0 aliphatic carbocycles. The Bertz CT molecular complexity index is 7710. The summed E-state index contributed by atoms with van der Waals surface area (Å²) < 4.78 is 16.0. The fourth-order valence-corrected chi connectivity index (χ4v) is 17.9. The average molecular weight is 1440 g/mol. The van der Waals surface area contributed by atoms with Crippen molar-refractivity contribution < 1.29 is 8.83 Å². The van der Waals surface area contributed by atoms with Crippen LogP contribution in [0.4, 0.5) is 17.2 Å². The van der Waals surface area contributed by atoms with E-state index in [0.717, 1.165) is 204 Å². The molecule has 0 N–H and O–H groups in total. The molecule has 0 saturated heterocycles. The highest BCUT2D eigenvalue weighted by Crippen LogP contribution is 2.54. The zero-order valence-electron chi connectivity index (χ0n) is 60.9. The first-order valence-electron chi connectivity index (χ1n) is 38.4. The molecular weight excluding hydrogens is 1380 g/mol. The highest BCUT2D eigenvalue weighted by Gasteiger charge is 2.30. The molecular formula is C106H63N5O2. The number of nitrogens with zero attached hydrogens (tertiary/aromatic N) is 5. The van der Waals surface area contributed by atoms with E-state index in [2.05, 4.69) is 356 Å². The number of furan rings is 2. The van der Waals surface area contributed by atoms with Gasteiger partial charge in [-0.15, -0.1) is 0 Å². The highest BCUT2D eigenvalue weighted by atomic mass is 16.3. The van der Waals surface area contributed by atoms with E-state index in [1.54, 1.807) is 0 Å². The van der Waals surface area contributed by atoms with Crippen molar-refractivity contribution in [3.63, 3.8) is 0 Å². The molecule has 17 aromatic carbocycles. The minimum atomic E-state index is 0.694. The first kappa shape index (κ1) is 63.9. The molecule has 6 aromatic heterocycles. The molecule has 113 heavy (non-hydrogen) atoms. The van der Waals surface area contributed by atoms with Crippen LogP contribution in [0.2, 0.25) is 0 Å². The Morgan fingerprint density at radius 3 is 1.55 bits per heavy atom. The van der Waals surface area contributed by atoms with Crippen molar-refractivity contribution in [3.05, 3.63) is 383 Å². The molecule has 6 heterocycles. The smallest absolute Gasteiger partial charge is 0.160 e. The van der Waals surface area contributed by atoms with Crippen LogP contribution in [-0.4, -0.2) is 19.9 Å². The second-order valence-corrected chi connectivity index (χ2v) is 29.4. The van der Waals surface area contributed by atoms with Crippen LogP contribution in [0.25, 0.3) is 220 Å². The van der Waals surface area contributed by atoms with Crippen LogP contribution in [0.3, 0.4) is 0 Å². The third kappa shape index (κ3) is 10.4. The average Bonchev–Trinajstić information content (AvgIpc) is 1.54. The topological polar surface area (TPSA) is 81.1 Å². The maximum atomic E-state index is 8.15. The van der Waals surface area contributed by atoms with Gasteiger partial charge in [-0.1, -0.05) is 261 Å². The second kappa shape index (κ2) is 25.7. The van der Waals surface area contributed by atoms with Gasteiger partial charge in [0.25, 0.3) is 0 Å². The number of aromatic nitrogens is 4. The van der Waals surface area contributed by atoms with Gasteiger partial charge in [-0.05, 0) is 218 Å². The molecule has 0 amide bonds. The fourth-order valence-electron chi connectivity index (χ4n) is 17.9. The highest BCUT2D eigenvalue weighted by molar-refractivity contribution is 6.39. The van der Waals surface area contributed by atoms with E-state index in [-0.39, 0.29) is 0 Å². The Labute approximate surface area is 649 Å². The van der Waals surface area contributed by atoms with Crippen molar-refractivity contribution >= 4 is 137 Å². The molecule has 524 valence electrons. The lowest BCUT2D eigenvalue weighted by Gasteiger charge is -2.25. The Morgan fingerprint density at radius 1 is 0.257 bits per heavy atom. The number of para-hydroxylation sites is 1. The third-order valence-electron chi connectivity index (χ3n) is 23.2. The Morgan fingerprint density at radius 2 is 0.805 bits per heavy atom. The van der Waals surface area contributed by atoms with Gasteiger partial charge in [-0.3, -0.25) is 14.9 Å². The molecule has 7 nitrogen and oxygen atoms in total. The first-order valence-corrected chi connectivity index (χ1v) is 38.4. The summed E-state index contributed by atoms with van der Waals surface area (Å²) in [7, 11) is 0.